The number of halogens is 1. The Hall–Kier alpha value is -1.32. The maximum atomic E-state index is 9.99. The van der Waals surface area contributed by atoms with Crippen molar-refractivity contribution in [2.24, 2.45) is 0 Å². The average molecular weight is 224 g/mol. The number of aryl methyl sites for hydroxylation is 1. The van der Waals surface area contributed by atoms with Gasteiger partial charge in [-0.3, -0.25) is 4.98 Å². The molecule has 3 nitrogen and oxygen atoms in total. The Morgan fingerprint density at radius 1 is 1.40 bits per heavy atom. The fourth-order valence-corrected chi connectivity index (χ4v) is 1.54. The molecule has 0 spiro atoms. The molecule has 1 unspecified atom stereocenters. The molecule has 2 aromatic rings. The number of hydrogen-bond acceptors (Lipinski definition) is 3. The number of rotatable bonds is 2. The van der Waals surface area contributed by atoms with Crippen LogP contribution in [0.4, 0.5) is 0 Å². The molecule has 0 radical (unpaired) electrons. The third kappa shape index (κ3) is 2.03. The standard InChI is InChI=1S/C11H10ClNO2/c1-7-4-5-13-6-8(7)11(14)9-2-3-10(12)15-9/h2-6,11,14H,1H3. The average Bonchev–Trinajstić information content (AvgIpc) is 2.65. The van der Waals surface area contributed by atoms with E-state index in [9.17, 15) is 5.11 Å². The molecular formula is C11H10ClNO2. The molecule has 1 atom stereocenters. The first-order valence-corrected chi connectivity index (χ1v) is 4.90. The van der Waals surface area contributed by atoms with E-state index in [-0.39, 0.29) is 5.22 Å². The van der Waals surface area contributed by atoms with Crippen LogP contribution in [0.5, 0.6) is 0 Å². The second-order valence-corrected chi connectivity index (χ2v) is 3.65. The molecule has 0 bridgehead atoms. The number of aromatic nitrogens is 1. The highest BCUT2D eigenvalue weighted by atomic mass is 35.5. The first-order valence-electron chi connectivity index (χ1n) is 4.52. The van der Waals surface area contributed by atoms with Crippen LogP contribution in [0.15, 0.2) is 35.0 Å². The minimum Gasteiger partial charge on any atom is -0.447 e. The maximum Gasteiger partial charge on any atom is 0.193 e. The van der Waals surface area contributed by atoms with Crippen molar-refractivity contribution < 1.29 is 9.52 Å². The van der Waals surface area contributed by atoms with Gasteiger partial charge in [-0.1, -0.05) is 0 Å². The molecular weight excluding hydrogens is 214 g/mol. The van der Waals surface area contributed by atoms with Gasteiger partial charge in [-0.05, 0) is 42.3 Å². The predicted octanol–water partition coefficient (Wildman–Crippen LogP) is 2.72. The van der Waals surface area contributed by atoms with Crippen molar-refractivity contribution in [2.45, 2.75) is 13.0 Å². The zero-order valence-corrected chi connectivity index (χ0v) is 8.90. The summed E-state index contributed by atoms with van der Waals surface area (Å²) >= 11 is 5.64. The van der Waals surface area contributed by atoms with Gasteiger partial charge in [-0.2, -0.15) is 0 Å². The summed E-state index contributed by atoms with van der Waals surface area (Å²) in [5.74, 6) is 0.427. The van der Waals surface area contributed by atoms with Crippen LogP contribution < -0.4 is 0 Å². The molecule has 2 rings (SSSR count). The lowest BCUT2D eigenvalue weighted by Crippen LogP contribution is -2.01. The minimum absolute atomic E-state index is 0.269. The molecule has 0 saturated heterocycles. The van der Waals surface area contributed by atoms with E-state index in [0.29, 0.717) is 5.76 Å². The number of aliphatic hydroxyl groups excluding tert-OH is 1. The zero-order valence-electron chi connectivity index (χ0n) is 8.14. The summed E-state index contributed by atoms with van der Waals surface area (Å²) in [4.78, 5) is 3.96. The van der Waals surface area contributed by atoms with Crippen LogP contribution in [0.3, 0.4) is 0 Å². The van der Waals surface area contributed by atoms with Gasteiger partial charge in [-0.25, -0.2) is 0 Å². The predicted molar refractivity (Wildman–Crippen MR) is 56.8 cm³/mol. The fourth-order valence-electron chi connectivity index (χ4n) is 1.39. The van der Waals surface area contributed by atoms with Crippen molar-refractivity contribution in [2.75, 3.05) is 0 Å². The maximum absolute atomic E-state index is 9.99. The quantitative estimate of drug-likeness (QED) is 0.852. The van der Waals surface area contributed by atoms with E-state index in [1.807, 2.05) is 13.0 Å². The summed E-state index contributed by atoms with van der Waals surface area (Å²) in [5, 5.41) is 10.3. The van der Waals surface area contributed by atoms with E-state index in [0.717, 1.165) is 11.1 Å². The van der Waals surface area contributed by atoms with Crippen molar-refractivity contribution in [1.82, 2.24) is 4.98 Å². The third-order valence-corrected chi connectivity index (χ3v) is 2.44. The lowest BCUT2D eigenvalue weighted by Gasteiger charge is -2.09. The van der Waals surface area contributed by atoms with Crippen LogP contribution in [0, 0.1) is 6.92 Å². The second-order valence-electron chi connectivity index (χ2n) is 3.28. The van der Waals surface area contributed by atoms with Crippen LogP contribution >= 0.6 is 11.6 Å². The largest absolute Gasteiger partial charge is 0.447 e. The Kier molecular flexibility index (Phi) is 2.75. The van der Waals surface area contributed by atoms with Crippen LogP contribution in [-0.4, -0.2) is 10.1 Å². The van der Waals surface area contributed by atoms with Crippen molar-refractivity contribution in [3.8, 4) is 0 Å². The van der Waals surface area contributed by atoms with Crippen LogP contribution in [-0.2, 0) is 0 Å². The Labute approximate surface area is 92.3 Å². The number of hydrogen-bond donors (Lipinski definition) is 1. The lowest BCUT2D eigenvalue weighted by molar-refractivity contribution is 0.188. The van der Waals surface area contributed by atoms with Gasteiger partial charge in [-0.15, -0.1) is 0 Å². The highest BCUT2D eigenvalue weighted by Crippen LogP contribution is 2.26. The molecule has 0 amide bonds. The van der Waals surface area contributed by atoms with Gasteiger partial charge in [0, 0.05) is 18.0 Å². The minimum atomic E-state index is -0.814. The summed E-state index contributed by atoms with van der Waals surface area (Å²) in [5.41, 5.74) is 1.69. The van der Waals surface area contributed by atoms with E-state index in [2.05, 4.69) is 4.98 Å². The number of furan rings is 1. The summed E-state index contributed by atoms with van der Waals surface area (Å²) < 4.78 is 5.14. The van der Waals surface area contributed by atoms with E-state index in [1.165, 1.54) is 0 Å². The molecule has 15 heavy (non-hydrogen) atoms. The first kappa shape index (κ1) is 10.2. The highest BCUT2D eigenvalue weighted by Gasteiger charge is 2.16. The van der Waals surface area contributed by atoms with Gasteiger partial charge in [0.2, 0.25) is 0 Å². The normalized spacial score (nSPS) is 12.7. The van der Waals surface area contributed by atoms with E-state index < -0.39 is 6.10 Å². The molecule has 0 saturated carbocycles. The lowest BCUT2D eigenvalue weighted by atomic mass is 10.1. The number of aliphatic hydroxyl groups is 1. The van der Waals surface area contributed by atoms with E-state index in [1.54, 1.807) is 24.5 Å². The third-order valence-electron chi connectivity index (χ3n) is 2.24. The smallest absolute Gasteiger partial charge is 0.193 e. The van der Waals surface area contributed by atoms with Gasteiger partial charge < -0.3 is 9.52 Å². The molecule has 4 heteroatoms. The van der Waals surface area contributed by atoms with Crippen molar-refractivity contribution in [3.05, 3.63) is 52.7 Å². The molecule has 0 aromatic carbocycles. The van der Waals surface area contributed by atoms with E-state index >= 15 is 0 Å². The Balaban J connectivity index is 2.36. The van der Waals surface area contributed by atoms with Crippen LogP contribution in [0.25, 0.3) is 0 Å². The van der Waals surface area contributed by atoms with Gasteiger partial charge >= 0.3 is 0 Å². The van der Waals surface area contributed by atoms with Gasteiger partial charge in [0.1, 0.15) is 11.9 Å². The second kappa shape index (κ2) is 4.04. The fraction of sp³-hybridized carbons (Fsp3) is 0.182. The highest BCUT2D eigenvalue weighted by molar-refractivity contribution is 6.28. The first-order chi connectivity index (χ1) is 7.18. The summed E-state index contributed by atoms with van der Waals surface area (Å²) in [6, 6.07) is 5.09. The summed E-state index contributed by atoms with van der Waals surface area (Å²) in [6.07, 6.45) is 2.49. The van der Waals surface area contributed by atoms with Crippen molar-refractivity contribution in [1.29, 1.82) is 0 Å². The molecule has 78 valence electrons. The Morgan fingerprint density at radius 3 is 2.80 bits per heavy atom. The molecule has 1 N–H and O–H groups in total. The molecule has 2 heterocycles. The van der Waals surface area contributed by atoms with Gasteiger partial charge in [0.05, 0.1) is 0 Å². The summed E-state index contributed by atoms with van der Waals surface area (Å²) in [7, 11) is 0. The van der Waals surface area contributed by atoms with Crippen LogP contribution in [0.2, 0.25) is 5.22 Å². The number of nitrogens with zero attached hydrogens (tertiary/aromatic N) is 1. The van der Waals surface area contributed by atoms with Crippen molar-refractivity contribution >= 4 is 11.6 Å². The monoisotopic (exact) mass is 223 g/mol. The Bertz CT molecular complexity index is 467. The van der Waals surface area contributed by atoms with Crippen molar-refractivity contribution in [3.63, 3.8) is 0 Å². The molecule has 0 aliphatic rings. The number of pyridine rings is 1. The molecule has 0 aliphatic heterocycles. The van der Waals surface area contributed by atoms with Gasteiger partial charge in [0.25, 0.3) is 0 Å². The van der Waals surface area contributed by atoms with Gasteiger partial charge in [0.15, 0.2) is 5.22 Å². The molecule has 2 aromatic heterocycles. The van der Waals surface area contributed by atoms with E-state index in [4.69, 9.17) is 16.0 Å². The molecule has 0 aliphatic carbocycles. The summed E-state index contributed by atoms with van der Waals surface area (Å²) in [6.45, 7) is 1.91. The van der Waals surface area contributed by atoms with Crippen LogP contribution in [0.1, 0.15) is 23.0 Å². The Morgan fingerprint density at radius 2 is 2.20 bits per heavy atom. The zero-order chi connectivity index (χ0) is 10.8. The molecule has 0 fully saturated rings. The SMILES string of the molecule is Cc1ccncc1C(O)c1ccc(Cl)o1. The topological polar surface area (TPSA) is 46.3 Å².